The van der Waals surface area contributed by atoms with Crippen molar-refractivity contribution >= 4 is 11.0 Å². The second kappa shape index (κ2) is 15.8. The van der Waals surface area contributed by atoms with Gasteiger partial charge in [0.2, 0.25) is 0 Å². The average molecular weight is 930 g/mol. The van der Waals surface area contributed by atoms with Crippen molar-refractivity contribution in [3.8, 4) is 67.5 Å². The van der Waals surface area contributed by atoms with Crippen LogP contribution in [-0.2, 0) is 26.5 Å². The molecule has 288 valence electrons. The molecule has 8 aromatic rings. The Morgan fingerprint density at radius 3 is 2.18 bits per heavy atom. The van der Waals surface area contributed by atoms with Crippen LogP contribution in [0.15, 0.2) is 134 Å². The van der Waals surface area contributed by atoms with Gasteiger partial charge in [0.25, 0.3) is 0 Å². The Morgan fingerprint density at radius 1 is 0.719 bits per heavy atom. The first-order valence-corrected chi connectivity index (χ1v) is 19.0. The maximum atomic E-state index is 11.7. The Bertz CT molecular complexity index is 2900. The number of aromatic hydroxyl groups is 1. The van der Waals surface area contributed by atoms with Crippen molar-refractivity contribution in [3.63, 3.8) is 0 Å². The van der Waals surface area contributed by atoms with Crippen LogP contribution < -0.4 is 0 Å². The van der Waals surface area contributed by atoms with Gasteiger partial charge in [-0.3, -0.25) is 9.55 Å². The van der Waals surface area contributed by atoms with E-state index in [-0.39, 0.29) is 37.8 Å². The first-order chi connectivity index (χ1) is 28.4. The third-order valence-corrected chi connectivity index (χ3v) is 10.5. The van der Waals surface area contributed by atoms with E-state index in [1.807, 2.05) is 117 Å². The van der Waals surface area contributed by atoms with E-state index >= 15 is 0 Å². The summed E-state index contributed by atoms with van der Waals surface area (Å²) in [4.78, 5) is 10.2. The van der Waals surface area contributed by atoms with Gasteiger partial charge in [0.05, 0.1) is 22.3 Å². The number of para-hydroxylation sites is 1. The minimum Gasteiger partial charge on any atom is -0.507 e. The van der Waals surface area contributed by atoms with E-state index in [0.29, 0.717) is 16.9 Å². The molecular weight excluding hydrogens is 878 g/mol. The number of nitrogens with zero attached hydrogens (tertiary/aromatic N) is 3. The summed E-state index contributed by atoms with van der Waals surface area (Å²) >= 11 is 0. The third kappa shape index (κ3) is 7.76. The molecule has 0 radical (unpaired) electrons. The summed E-state index contributed by atoms with van der Waals surface area (Å²) in [5.41, 5.74) is 13.5. The number of hydrogen-bond acceptors (Lipinski definition) is 3. The molecule has 57 heavy (non-hydrogen) atoms. The second-order valence-electron chi connectivity index (χ2n) is 16.0. The molecule has 1 N–H and O–H groups in total. The van der Waals surface area contributed by atoms with Crippen LogP contribution in [0.5, 0.6) is 5.75 Å². The van der Waals surface area contributed by atoms with Crippen molar-refractivity contribution in [2.45, 2.75) is 66.6 Å². The predicted octanol–water partition coefficient (Wildman–Crippen LogP) is 13.6. The Hall–Kier alpha value is -5.57. The first-order valence-electron chi connectivity index (χ1n) is 21.0. The van der Waals surface area contributed by atoms with Crippen LogP contribution in [0.3, 0.4) is 0 Å². The van der Waals surface area contributed by atoms with Crippen molar-refractivity contribution in [1.29, 1.82) is 0 Å². The molecule has 6 aromatic carbocycles. The van der Waals surface area contributed by atoms with Gasteiger partial charge in [-0.15, -0.1) is 29.3 Å². The van der Waals surface area contributed by atoms with E-state index in [1.54, 1.807) is 12.1 Å². The normalized spacial score (nSPS) is 13.0. The van der Waals surface area contributed by atoms with Crippen LogP contribution >= 0.6 is 0 Å². The number of aryl methyl sites for hydroxylation is 3. The van der Waals surface area contributed by atoms with Crippen molar-refractivity contribution in [2.75, 3.05) is 0 Å². The molecule has 5 heteroatoms. The van der Waals surface area contributed by atoms with Crippen LogP contribution in [0.25, 0.3) is 72.7 Å². The van der Waals surface area contributed by atoms with Crippen molar-refractivity contribution < 1.29 is 31.7 Å². The van der Waals surface area contributed by atoms with Crippen LogP contribution in [0, 0.1) is 26.8 Å². The molecule has 0 fully saturated rings. The Morgan fingerprint density at radius 2 is 1.46 bits per heavy atom. The minimum atomic E-state index is -2.31. The smallest absolute Gasteiger partial charge is 0.148 e. The number of imidazole rings is 1. The summed E-state index contributed by atoms with van der Waals surface area (Å²) in [5, 5.41) is 11.7. The van der Waals surface area contributed by atoms with E-state index < -0.39 is 12.7 Å². The molecule has 0 saturated carbocycles. The topological polar surface area (TPSA) is 50.9 Å². The maximum absolute atomic E-state index is 11.7. The molecule has 0 amide bonds. The molecule has 0 saturated heterocycles. The maximum Gasteiger partial charge on any atom is 0.148 e. The van der Waals surface area contributed by atoms with Crippen LogP contribution in [0.1, 0.15) is 73.8 Å². The molecule has 0 spiro atoms. The molecule has 0 aliphatic rings. The van der Waals surface area contributed by atoms with Gasteiger partial charge in [-0.05, 0) is 95.7 Å². The fourth-order valence-corrected chi connectivity index (χ4v) is 7.49. The molecule has 2 heterocycles. The fraction of sp³-hybridized carbons (Fsp3) is 0.192. The number of aromatic nitrogens is 3. The number of phenolic OH excluding ortho intramolecular Hbond substituents is 1. The van der Waals surface area contributed by atoms with Gasteiger partial charge in [-0.25, -0.2) is 4.98 Å². The predicted molar refractivity (Wildman–Crippen MR) is 234 cm³/mol. The standard InChI is InChI=1S/C52H48N3O.Pt/c1-32(2)36-18-20-37(21-19-36)39-23-24-53-46(31-39)41-28-40(29-42(30-41)52(6,7)8)43-15-12-16-48-49(43)54-51(45-27-34(4)25-35(5)50(45)56)55(48)47-22-17-33(3)26-44(47)38-13-10-9-11-14-38;/h9-27,29-32,56H,1-8H3;/q-1;/i3D3,32D;. The number of pyridine rings is 1. The summed E-state index contributed by atoms with van der Waals surface area (Å²) < 4.78 is 35.3. The van der Waals surface area contributed by atoms with Crippen LogP contribution in [-0.4, -0.2) is 19.6 Å². The van der Waals surface area contributed by atoms with E-state index in [2.05, 4.69) is 63.2 Å². The summed E-state index contributed by atoms with van der Waals surface area (Å²) in [7, 11) is 0. The van der Waals surface area contributed by atoms with Gasteiger partial charge in [0, 0.05) is 44.0 Å². The molecule has 0 aliphatic heterocycles. The van der Waals surface area contributed by atoms with Crippen LogP contribution in [0.2, 0.25) is 0 Å². The second-order valence-corrected chi connectivity index (χ2v) is 16.0. The summed E-state index contributed by atoms with van der Waals surface area (Å²) in [5.74, 6) is -0.0257. The zero-order chi connectivity index (χ0) is 42.7. The van der Waals surface area contributed by atoms with E-state index in [9.17, 15) is 5.11 Å². The quantitative estimate of drug-likeness (QED) is 0.162. The monoisotopic (exact) mass is 929 g/mol. The number of benzene rings is 6. The Balaban J connectivity index is 0.00000561. The van der Waals surface area contributed by atoms with E-state index in [4.69, 9.17) is 15.5 Å². The molecule has 0 bridgehead atoms. The van der Waals surface area contributed by atoms with E-state index in [1.165, 1.54) is 0 Å². The minimum absolute atomic E-state index is 0. The Kier molecular flexibility index (Phi) is 9.58. The number of fused-ring (bicyclic) bond motifs is 1. The molecule has 0 aliphatic carbocycles. The number of hydrogen-bond donors (Lipinski definition) is 1. The first kappa shape index (κ1) is 34.7. The average Bonchev–Trinajstić information content (AvgIpc) is 3.60. The number of phenols is 1. The Labute approximate surface area is 357 Å². The molecule has 4 nitrogen and oxygen atoms in total. The van der Waals surface area contributed by atoms with Crippen molar-refractivity contribution in [3.05, 3.63) is 167 Å². The molecule has 0 atom stereocenters. The fourth-order valence-electron chi connectivity index (χ4n) is 7.49. The largest absolute Gasteiger partial charge is 0.507 e. The van der Waals surface area contributed by atoms with Gasteiger partial charge in [0.1, 0.15) is 11.6 Å². The summed E-state index contributed by atoms with van der Waals surface area (Å²) in [6, 6.07) is 45.4. The van der Waals surface area contributed by atoms with Crippen LogP contribution in [0.4, 0.5) is 0 Å². The zero-order valence-electron chi connectivity index (χ0n) is 37.3. The van der Waals surface area contributed by atoms with Gasteiger partial charge in [-0.2, -0.15) is 0 Å². The molecular formula is C52H48N3OPt-. The van der Waals surface area contributed by atoms with Gasteiger partial charge in [-0.1, -0.05) is 136 Å². The summed E-state index contributed by atoms with van der Waals surface area (Å²) in [6.07, 6.45) is 1.83. The van der Waals surface area contributed by atoms with E-state index in [0.717, 1.165) is 78.1 Å². The zero-order valence-corrected chi connectivity index (χ0v) is 35.6. The molecule has 8 rings (SSSR count). The summed E-state index contributed by atoms with van der Waals surface area (Å²) in [6.45, 7) is 11.9. The third-order valence-electron chi connectivity index (χ3n) is 10.5. The van der Waals surface area contributed by atoms with Crippen molar-refractivity contribution in [1.82, 2.24) is 14.5 Å². The molecule has 0 unspecified atom stereocenters. The van der Waals surface area contributed by atoms with Crippen molar-refractivity contribution in [2.24, 2.45) is 0 Å². The molecule has 2 aromatic heterocycles. The SMILES string of the molecule is [2H]C([2H])([2H])c1ccc(-n2c(-c3cc(C)cc(C)c3O)nc3c(-c4[c-]c(-c5cc(-c6ccc(C([2H])(C)C)cc6)ccn5)cc(C(C)(C)C)c4)cccc32)c(-c2ccccc2)c1.[Pt]. The van der Waals surface area contributed by atoms with Gasteiger partial charge in [0.15, 0.2) is 0 Å². The van der Waals surface area contributed by atoms with Gasteiger partial charge < -0.3 is 5.11 Å². The van der Waals surface area contributed by atoms with Gasteiger partial charge >= 0.3 is 0 Å². The number of rotatable bonds is 7.